The number of nitrogens with one attached hydrogen (secondary N) is 2. The quantitative estimate of drug-likeness (QED) is 0.422. The summed E-state index contributed by atoms with van der Waals surface area (Å²) in [5.74, 6) is 0.913. The van der Waals surface area contributed by atoms with Crippen LogP contribution in [-0.2, 0) is 4.79 Å². The van der Waals surface area contributed by atoms with Crippen LogP contribution in [0.3, 0.4) is 0 Å². The van der Waals surface area contributed by atoms with Crippen LogP contribution >= 0.6 is 15.9 Å². The van der Waals surface area contributed by atoms with Gasteiger partial charge in [0.05, 0.1) is 5.57 Å². The van der Waals surface area contributed by atoms with Crippen molar-refractivity contribution in [1.29, 1.82) is 0 Å². The zero-order chi connectivity index (χ0) is 22.1. The first kappa shape index (κ1) is 20.1. The number of anilines is 2. The van der Waals surface area contributed by atoms with Crippen molar-refractivity contribution in [3.63, 3.8) is 0 Å². The van der Waals surface area contributed by atoms with Crippen molar-refractivity contribution >= 4 is 33.5 Å². The number of pyridine rings is 1. The zero-order valence-corrected chi connectivity index (χ0v) is 18.7. The normalized spacial score (nSPS) is 15.1. The molecule has 0 aliphatic carbocycles. The molecule has 0 spiro atoms. The molecule has 3 heterocycles. The fourth-order valence-electron chi connectivity index (χ4n) is 3.77. The summed E-state index contributed by atoms with van der Waals surface area (Å²) in [6, 6.07) is 20.6. The van der Waals surface area contributed by atoms with E-state index in [1.54, 1.807) is 17.1 Å². The summed E-state index contributed by atoms with van der Waals surface area (Å²) in [4.78, 5) is 22.3. The molecule has 0 fully saturated rings. The van der Waals surface area contributed by atoms with Gasteiger partial charge in [0, 0.05) is 33.8 Å². The number of halogens is 1. The predicted molar refractivity (Wildman–Crippen MR) is 127 cm³/mol. The largest absolute Gasteiger partial charge is 0.328 e. The average molecular weight is 487 g/mol. The van der Waals surface area contributed by atoms with Gasteiger partial charge in [-0.25, -0.2) is 4.68 Å². The van der Waals surface area contributed by atoms with Crippen molar-refractivity contribution in [3.8, 4) is 11.4 Å². The van der Waals surface area contributed by atoms with Crippen LogP contribution in [0.1, 0.15) is 18.5 Å². The fourth-order valence-corrected chi connectivity index (χ4v) is 4.18. The first-order valence-electron chi connectivity index (χ1n) is 10.1. The number of nitrogens with zero attached hydrogens (tertiary/aromatic N) is 4. The summed E-state index contributed by atoms with van der Waals surface area (Å²) in [5.41, 5.74) is 3.74. The molecule has 158 valence electrons. The first-order chi connectivity index (χ1) is 15.6. The van der Waals surface area contributed by atoms with Crippen molar-refractivity contribution in [2.45, 2.75) is 13.0 Å². The maximum Gasteiger partial charge on any atom is 0.255 e. The number of fused-ring (bicyclic) bond motifs is 1. The minimum atomic E-state index is -0.453. The number of aromatic nitrogens is 4. The number of carbonyl (C=O) groups excluding carboxylic acids is 1. The predicted octanol–water partition coefficient (Wildman–Crippen LogP) is 5.03. The topological polar surface area (TPSA) is 84.7 Å². The minimum Gasteiger partial charge on any atom is -0.328 e. The lowest BCUT2D eigenvalue weighted by Gasteiger charge is -2.28. The Hall–Kier alpha value is -3.78. The molecule has 4 aromatic rings. The molecule has 0 saturated heterocycles. The molecule has 1 atom stereocenters. The van der Waals surface area contributed by atoms with Crippen LogP contribution in [0.4, 0.5) is 11.6 Å². The molecule has 1 aliphatic heterocycles. The number of carbonyl (C=O) groups is 1. The maximum atomic E-state index is 13.4. The van der Waals surface area contributed by atoms with E-state index < -0.39 is 6.04 Å². The maximum absolute atomic E-state index is 13.4. The second-order valence-corrected chi connectivity index (χ2v) is 8.30. The molecular weight excluding hydrogens is 468 g/mol. The first-order valence-corrected chi connectivity index (χ1v) is 10.9. The highest BCUT2D eigenvalue weighted by atomic mass is 79.9. The Labute approximate surface area is 193 Å². The second-order valence-electron chi connectivity index (χ2n) is 7.39. The number of rotatable bonds is 4. The van der Waals surface area contributed by atoms with Gasteiger partial charge in [0.25, 0.3) is 5.91 Å². The lowest BCUT2D eigenvalue weighted by Crippen LogP contribution is -2.31. The monoisotopic (exact) mass is 486 g/mol. The molecule has 2 aromatic heterocycles. The van der Waals surface area contributed by atoms with Crippen molar-refractivity contribution in [3.05, 3.63) is 100 Å². The van der Waals surface area contributed by atoms with Crippen LogP contribution < -0.4 is 10.6 Å². The molecule has 7 nitrogen and oxygen atoms in total. The molecule has 2 N–H and O–H groups in total. The minimum absolute atomic E-state index is 0.199. The number of benzene rings is 2. The molecule has 1 amide bonds. The van der Waals surface area contributed by atoms with Crippen molar-refractivity contribution in [1.82, 2.24) is 19.7 Å². The molecule has 2 aromatic carbocycles. The van der Waals surface area contributed by atoms with Gasteiger partial charge in [-0.15, -0.1) is 5.10 Å². The van der Waals surface area contributed by atoms with Crippen LogP contribution in [0.25, 0.3) is 11.4 Å². The van der Waals surface area contributed by atoms with E-state index in [0.717, 1.165) is 27.0 Å². The zero-order valence-electron chi connectivity index (χ0n) is 17.2. The highest BCUT2D eigenvalue weighted by molar-refractivity contribution is 9.10. The molecule has 32 heavy (non-hydrogen) atoms. The summed E-state index contributed by atoms with van der Waals surface area (Å²) < 4.78 is 2.68. The van der Waals surface area contributed by atoms with Gasteiger partial charge in [-0.1, -0.05) is 46.3 Å². The van der Waals surface area contributed by atoms with Crippen molar-refractivity contribution in [2.75, 3.05) is 10.6 Å². The van der Waals surface area contributed by atoms with Crippen LogP contribution in [-0.4, -0.2) is 25.7 Å². The third-order valence-corrected chi connectivity index (χ3v) is 5.71. The number of hydrogen-bond donors (Lipinski definition) is 2. The van der Waals surface area contributed by atoms with E-state index in [0.29, 0.717) is 17.3 Å². The number of para-hydroxylation sites is 1. The summed E-state index contributed by atoms with van der Waals surface area (Å²) >= 11 is 3.55. The van der Waals surface area contributed by atoms with E-state index in [2.05, 4.69) is 36.5 Å². The van der Waals surface area contributed by atoms with E-state index in [1.807, 2.05) is 73.7 Å². The Morgan fingerprint density at radius 1 is 1.09 bits per heavy atom. The smallest absolute Gasteiger partial charge is 0.255 e. The van der Waals surface area contributed by atoms with E-state index in [9.17, 15) is 4.79 Å². The average Bonchev–Trinajstić information content (AvgIpc) is 3.23. The fraction of sp³-hybridized carbons (Fsp3) is 0.0833. The van der Waals surface area contributed by atoms with Gasteiger partial charge in [-0.05, 0) is 48.9 Å². The Bertz CT molecular complexity index is 1320. The molecule has 1 unspecified atom stereocenters. The Morgan fingerprint density at radius 3 is 2.69 bits per heavy atom. The highest BCUT2D eigenvalue weighted by Crippen LogP contribution is 2.37. The van der Waals surface area contributed by atoms with Gasteiger partial charge in [-0.2, -0.15) is 4.98 Å². The van der Waals surface area contributed by atoms with Gasteiger partial charge < -0.3 is 10.6 Å². The molecule has 5 rings (SSSR count). The van der Waals surface area contributed by atoms with Crippen LogP contribution in [0.15, 0.2) is 94.9 Å². The Balaban J connectivity index is 1.62. The molecule has 0 saturated carbocycles. The number of allylic oxidation sites excluding steroid dienone is 1. The summed E-state index contributed by atoms with van der Waals surface area (Å²) in [7, 11) is 0. The number of amides is 1. The van der Waals surface area contributed by atoms with E-state index in [4.69, 9.17) is 5.10 Å². The van der Waals surface area contributed by atoms with Gasteiger partial charge in [0.15, 0.2) is 5.82 Å². The summed E-state index contributed by atoms with van der Waals surface area (Å²) in [5, 5.41) is 11.0. The molecule has 8 heteroatoms. The Morgan fingerprint density at radius 2 is 1.94 bits per heavy atom. The van der Waals surface area contributed by atoms with Gasteiger partial charge >= 0.3 is 0 Å². The van der Waals surface area contributed by atoms with Crippen LogP contribution in [0.5, 0.6) is 0 Å². The SMILES string of the molecule is CC1=C(C(=O)Nc2ccccc2)C(c2cccc(Br)c2)n2nc(-c3cccnc3)nc2N1. The van der Waals surface area contributed by atoms with E-state index in [-0.39, 0.29) is 5.91 Å². The molecule has 1 aliphatic rings. The van der Waals surface area contributed by atoms with Gasteiger partial charge in [-0.3, -0.25) is 9.78 Å². The van der Waals surface area contributed by atoms with Crippen molar-refractivity contribution < 1.29 is 4.79 Å². The molecule has 0 bridgehead atoms. The Kier molecular flexibility index (Phi) is 5.28. The lowest BCUT2D eigenvalue weighted by atomic mass is 9.95. The number of hydrogen-bond acceptors (Lipinski definition) is 5. The van der Waals surface area contributed by atoms with E-state index in [1.165, 1.54) is 0 Å². The summed E-state index contributed by atoms with van der Waals surface area (Å²) in [6.45, 7) is 1.88. The molecule has 0 radical (unpaired) electrons. The van der Waals surface area contributed by atoms with Crippen LogP contribution in [0, 0.1) is 0 Å². The third kappa shape index (κ3) is 3.80. The molecular formula is C24H19BrN6O. The third-order valence-electron chi connectivity index (χ3n) is 5.21. The summed E-state index contributed by atoms with van der Waals surface area (Å²) in [6.07, 6.45) is 3.43. The van der Waals surface area contributed by atoms with Crippen LogP contribution in [0.2, 0.25) is 0 Å². The standard InChI is InChI=1S/C24H19BrN6O/c1-15-20(23(32)28-19-10-3-2-4-11-19)21(16-7-5-9-18(25)13-16)31-24(27-15)29-22(30-31)17-8-6-12-26-14-17/h2-14,21H,1H3,(H,28,32)(H,27,29,30). The lowest BCUT2D eigenvalue weighted by molar-refractivity contribution is -0.113. The van der Waals surface area contributed by atoms with Gasteiger partial charge in [0.1, 0.15) is 6.04 Å². The van der Waals surface area contributed by atoms with Crippen molar-refractivity contribution in [2.24, 2.45) is 0 Å². The van der Waals surface area contributed by atoms with E-state index >= 15 is 0 Å². The van der Waals surface area contributed by atoms with Gasteiger partial charge in [0.2, 0.25) is 5.95 Å². The highest BCUT2D eigenvalue weighted by Gasteiger charge is 2.34. The second kappa shape index (κ2) is 8.39.